The van der Waals surface area contributed by atoms with Gasteiger partial charge in [0.15, 0.2) is 0 Å². The normalized spacial score (nSPS) is 13.1. The van der Waals surface area contributed by atoms with Crippen molar-refractivity contribution in [2.45, 2.75) is 31.7 Å². The number of carboxylic acids is 1. The highest BCUT2D eigenvalue weighted by Gasteiger charge is 2.19. The largest absolute Gasteiger partial charge is 0.478 e. The molecular formula is C15H24N2O5S. The minimum atomic E-state index is -3.73. The van der Waals surface area contributed by atoms with Gasteiger partial charge in [0.2, 0.25) is 10.0 Å². The van der Waals surface area contributed by atoms with Crippen LogP contribution in [-0.4, -0.2) is 45.8 Å². The van der Waals surface area contributed by atoms with Gasteiger partial charge in [-0.15, -0.1) is 0 Å². The van der Waals surface area contributed by atoms with Gasteiger partial charge in [0.05, 0.1) is 17.1 Å². The highest BCUT2D eigenvalue weighted by atomic mass is 32.2. The highest BCUT2D eigenvalue weighted by molar-refractivity contribution is 7.89. The molecule has 7 nitrogen and oxygen atoms in total. The van der Waals surface area contributed by atoms with E-state index >= 15 is 0 Å². The van der Waals surface area contributed by atoms with E-state index in [9.17, 15) is 18.3 Å². The third kappa shape index (κ3) is 5.81. The summed E-state index contributed by atoms with van der Waals surface area (Å²) in [7, 11) is -2.18. The lowest BCUT2D eigenvalue weighted by molar-refractivity contribution is 0.0697. The van der Waals surface area contributed by atoms with Gasteiger partial charge in [-0.05, 0) is 31.0 Å². The Morgan fingerprint density at radius 1 is 1.30 bits per heavy atom. The topological polar surface area (TPSA) is 105 Å². The zero-order valence-corrected chi connectivity index (χ0v) is 14.6. The van der Waals surface area contributed by atoms with Crippen LogP contribution < -0.4 is 10.0 Å². The molecule has 0 aliphatic rings. The Morgan fingerprint density at radius 3 is 2.48 bits per heavy atom. The molecule has 3 N–H and O–H groups in total. The first kappa shape index (κ1) is 19.4. The van der Waals surface area contributed by atoms with Gasteiger partial charge >= 0.3 is 5.97 Å². The molecule has 0 fully saturated rings. The summed E-state index contributed by atoms with van der Waals surface area (Å²) in [6, 6.07) is 3.89. The van der Waals surface area contributed by atoms with Crippen molar-refractivity contribution in [2.75, 3.05) is 25.6 Å². The van der Waals surface area contributed by atoms with Crippen molar-refractivity contribution >= 4 is 21.7 Å². The number of methoxy groups -OCH3 is 1. The van der Waals surface area contributed by atoms with E-state index in [1.165, 1.54) is 12.1 Å². The number of nitrogens with one attached hydrogen (secondary N) is 2. The maximum atomic E-state index is 12.2. The molecule has 0 aliphatic heterocycles. The minimum Gasteiger partial charge on any atom is -0.478 e. The van der Waals surface area contributed by atoms with Gasteiger partial charge in [0, 0.05) is 25.4 Å². The molecule has 0 aliphatic carbocycles. The van der Waals surface area contributed by atoms with Crippen LogP contribution >= 0.6 is 0 Å². The van der Waals surface area contributed by atoms with E-state index in [0.717, 1.165) is 6.07 Å². The number of carbonyl (C=O) groups is 1. The van der Waals surface area contributed by atoms with Crippen molar-refractivity contribution in [3.05, 3.63) is 23.8 Å². The fourth-order valence-corrected chi connectivity index (χ4v) is 3.15. The van der Waals surface area contributed by atoms with Crippen LogP contribution in [0, 0.1) is 5.92 Å². The van der Waals surface area contributed by atoms with Crippen molar-refractivity contribution in [2.24, 2.45) is 5.92 Å². The maximum absolute atomic E-state index is 12.2. The number of sulfonamides is 1. The van der Waals surface area contributed by atoms with Crippen LogP contribution in [0.3, 0.4) is 0 Å². The average Bonchev–Trinajstić information content (AvgIpc) is 2.45. The lowest BCUT2D eigenvalue weighted by Gasteiger charge is -2.17. The highest BCUT2D eigenvalue weighted by Crippen LogP contribution is 2.21. The molecule has 8 heteroatoms. The molecule has 1 rings (SSSR count). The monoisotopic (exact) mass is 344 g/mol. The summed E-state index contributed by atoms with van der Waals surface area (Å²) in [5, 5.41) is 12.3. The second kappa shape index (κ2) is 8.28. The Bertz CT molecular complexity index is 643. The number of benzene rings is 1. The molecule has 1 aromatic carbocycles. The standard InChI is InChI=1S/C15H24N2O5S/c1-10(2)8-16-23(20,21)12-5-6-14(13(7-12)15(18)19)17-11(3)9-22-4/h5-7,10-11,16-17H,8-9H2,1-4H3,(H,18,19)/t11-/m1/s1. The van der Waals surface area contributed by atoms with E-state index in [4.69, 9.17) is 4.74 Å². The first-order valence-corrected chi connectivity index (χ1v) is 8.78. The third-order valence-corrected chi connectivity index (χ3v) is 4.45. The minimum absolute atomic E-state index is 0.0690. The van der Waals surface area contributed by atoms with E-state index in [-0.39, 0.29) is 29.0 Å². The Kier molecular flexibility index (Phi) is 6.99. The van der Waals surface area contributed by atoms with Gasteiger partial charge in [-0.2, -0.15) is 0 Å². The summed E-state index contributed by atoms with van der Waals surface area (Å²) < 4.78 is 31.9. The van der Waals surface area contributed by atoms with E-state index in [0.29, 0.717) is 12.3 Å². The molecule has 0 saturated carbocycles. The quantitative estimate of drug-likeness (QED) is 0.630. The number of hydrogen-bond acceptors (Lipinski definition) is 5. The van der Waals surface area contributed by atoms with Gasteiger partial charge in [0.25, 0.3) is 0 Å². The molecular weight excluding hydrogens is 320 g/mol. The number of carboxylic acid groups (broad SMARTS) is 1. The summed E-state index contributed by atoms with van der Waals surface area (Å²) in [4.78, 5) is 11.4. The van der Waals surface area contributed by atoms with Gasteiger partial charge < -0.3 is 15.2 Å². The fraction of sp³-hybridized carbons (Fsp3) is 0.533. The predicted molar refractivity (Wildman–Crippen MR) is 88.4 cm³/mol. The van der Waals surface area contributed by atoms with Crippen LogP contribution in [0.4, 0.5) is 5.69 Å². The van der Waals surface area contributed by atoms with Crippen molar-refractivity contribution in [1.29, 1.82) is 0 Å². The molecule has 0 unspecified atom stereocenters. The second-order valence-corrected chi connectivity index (χ2v) is 7.53. The molecule has 0 heterocycles. The number of rotatable bonds is 9. The zero-order valence-electron chi connectivity index (χ0n) is 13.8. The SMILES string of the molecule is COC[C@@H](C)Nc1ccc(S(=O)(=O)NCC(C)C)cc1C(=O)O. The molecule has 130 valence electrons. The third-order valence-electron chi connectivity index (χ3n) is 3.03. The van der Waals surface area contributed by atoms with Crippen LogP contribution in [0.25, 0.3) is 0 Å². The molecule has 0 bridgehead atoms. The first-order chi connectivity index (χ1) is 10.7. The molecule has 0 saturated heterocycles. The van der Waals surface area contributed by atoms with E-state index in [1.807, 2.05) is 20.8 Å². The van der Waals surface area contributed by atoms with Gasteiger partial charge in [0.1, 0.15) is 0 Å². The number of aromatic carboxylic acids is 1. The lowest BCUT2D eigenvalue weighted by atomic mass is 10.1. The fourth-order valence-electron chi connectivity index (χ4n) is 1.91. The first-order valence-electron chi connectivity index (χ1n) is 7.30. The second-order valence-electron chi connectivity index (χ2n) is 5.76. The van der Waals surface area contributed by atoms with Crippen molar-refractivity contribution in [3.63, 3.8) is 0 Å². The van der Waals surface area contributed by atoms with Crippen LogP contribution in [0.5, 0.6) is 0 Å². The van der Waals surface area contributed by atoms with Crippen LogP contribution in [-0.2, 0) is 14.8 Å². The summed E-state index contributed by atoms with van der Waals surface area (Å²) in [5.74, 6) is -1.04. The average molecular weight is 344 g/mol. The molecule has 0 aromatic heterocycles. The van der Waals surface area contributed by atoms with Gasteiger partial charge in [-0.1, -0.05) is 13.8 Å². The lowest BCUT2D eigenvalue weighted by Crippen LogP contribution is -2.28. The van der Waals surface area contributed by atoms with Gasteiger partial charge in [-0.3, -0.25) is 0 Å². The van der Waals surface area contributed by atoms with Crippen LogP contribution in [0.1, 0.15) is 31.1 Å². The Hall–Kier alpha value is -1.64. The number of anilines is 1. The Morgan fingerprint density at radius 2 is 1.96 bits per heavy atom. The number of hydrogen-bond donors (Lipinski definition) is 3. The summed E-state index contributed by atoms with van der Waals surface area (Å²) in [6.07, 6.45) is 0. The predicted octanol–water partition coefficient (Wildman–Crippen LogP) is 1.77. The van der Waals surface area contributed by atoms with Gasteiger partial charge in [-0.25, -0.2) is 17.9 Å². The number of ether oxygens (including phenoxy) is 1. The van der Waals surface area contributed by atoms with Crippen molar-refractivity contribution in [1.82, 2.24) is 4.72 Å². The summed E-state index contributed by atoms with van der Waals surface area (Å²) in [6.45, 7) is 6.29. The Labute approximate surface area is 137 Å². The zero-order chi connectivity index (χ0) is 17.6. The molecule has 0 amide bonds. The molecule has 1 atom stereocenters. The van der Waals surface area contributed by atoms with Crippen LogP contribution in [0.15, 0.2) is 23.1 Å². The van der Waals surface area contributed by atoms with E-state index < -0.39 is 16.0 Å². The van der Waals surface area contributed by atoms with Crippen molar-refractivity contribution in [3.8, 4) is 0 Å². The molecule has 1 aromatic rings. The summed E-state index contributed by atoms with van der Waals surface area (Å²) >= 11 is 0. The van der Waals surface area contributed by atoms with E-state index in [1.54, 1.807) is 7.11 Å². The van der Waals surface area contributed by atoms with Crippen LogP contribution in [0.2, 0.25) is 0 Å². The maximum Gasteiger partial charge on any atom is 0.337 e. The smallest absolute Gasteiger partial charge is 0.337 e. The molecule has 0 spiro atoms. The summed E-state index contributed by atoms with van der Waals surface area (Å²) in [5.41, 5.74) is 0.255. The van der Waals surface area contributed by atoms with Crippen molar-refractivity contribution < 1.29 is 23.1 Å². The van der Waals surface area contributed by atoms with E-state index in [2.05, 4.69) is 10.0 Å². The molecule has 0 radical (unpaired) electrons. The Balaban J connectivity index is 3.10. The molecule has 23 heavy (non-hydrogen) atoms.